The van der Waals surface area contributed by atoms with Crippen LogP contribution in [0.3, 0.4) is 0 Å². The highest BCUT2D eigenvalue weighted by atomic mass is 32.2. The van der Waals surface area contributed by atoms with Crippen molar-refractivity contribution in [2.45, 2.75) is 0 Å². The molecule has 0 aromatic heterocycles. The summed E-state index contributed by atoms with van der Waals surface area (Å²) in [6.07, 6.45) is 1.95. The van der Waals surface area contributed by atoms with Crippen LogP contribution < -0.4 is 16.6 Å². The van der Waals surface area contributed by atoms with Crippen LogP contribution in [-0.2, 0) is 0 Å². The summed E-state index contributed by atoms with van der Waals surface area (Å²) in [6, 6.07) is 4.24. The van der Waals surface area contributed by atoms with Crippen LogP contribution in [0.25, 0.3) is 0 Å². The fourth-order valence-corrected chi connectivity index (χ4v) is 1.53. The summed E-state index contributed by atoms with van der Waals surface area (Å²) in [5.74, 6) is 5.11. The molecule has 6 heteroatoms. The highest BCUT2D eigenvalue weighted by Gasteiger charge is 2.13. The third-order valence-electron chi connectivity index (χ3n) is 1.99. The quantitative estimate of drug-likeness (QED) is 0.413. The summed E-state index contributed by atoms with van der Waals surface area (Å²) in [5, 5.41) is 2.68. The van der Waals surface area contributed by atoms with Crippen LogP contribution in [0.1, 0.15) is 10.4 Å². The van der Waals surface area contributed by atoms with Crippen molar-refractivity contribution in [2.24, 2.45) is 5.84 Å². The number of rotatable bonds is 5. The third kappa shape index (κ3) is 3.11. The first-order chi connectivity index (χ1) is 7.70. The largest absolute Gasteiger partial charge is 0.351 e. The lowest BCUT2D eigenvalue weighted by molar-refractivity contribution is 0.0956. The van der Waals surface area contributed by atoms with Crippen molar-refractivity contribution in [1.82, 2.24) is 5.32 Å². The number of nitrogens with one attached hydrogen (secondary N) is 2. The molecule has 0 atom stereocenters. The van der Waals surface area contributed by atoms with E-state index in [1.54, 1.807) is 11.8 Å². The predicted octanol–water partition coefficient (Wildman–Crippen LogP) is 1.20. The third-order valence-corrected chi connectivity index (χ3v) is 2.61. The van der Waals surface area contributed by atoms with Gasteiger partial charge in [-0.1, -0.05) is 6.07 Å². The second-order valence-electron chi connectivity index (χ2n) is 3.06. The molecule has 0 fully saturated rings. The fourth-order valence-electron chi connectivity index (χ4n) is 1.22. The zero-order chi connectivity index (χ0) is 12.0. The molecule has 0 radical (unpaired) electrons. The molecule has 0 saturated heterocycles. The Kier molecular flexibility index (Phi) is 5.07. The minimum absolute atomic E-state index is 0.0177. The number of nitrogens with two attached hydrogens (primary N) is 1. The number of thioether (sulfide) groups is 1. The molecule has 0 unspecified atom stereocenters. The highest BCUT2D eigenvalue weighted by Crippen LogP contribution is 2.18. The second-order valence-corrected chi connectivity index (χ2v) is 4.04. The van der Waals surface area contributed by atoms with E-state index in [9.17, 15) is 9.18 Å². The molecule has 0 bridgehead atoms. The predicted molar refractivity (Wildman–Crippen MR) is 64.9 cm³/mol. The van der Waals surface area contributed by atoms with Crippen molar-refractivity contribution in [3.05, 3.63) is 29.6 Å². The van der Waals surface area contributed by atoms with Crippen molar-refractivity contribution in [3.63, 3.8) is 0 Å². The number of hydrogen-bond acceptors (Lipinski definition) is 4. The Morgan fingerprint density at radius 3 is 2.94 bits per heavy atom. The molecule has 16 heavy (non-hydrogen) atoms. The van der Waals surface area contributed by atoms with Crippen molar-refractivity contribution >= 4 is 23.4 Å². The van der Waals surface area contributed by atoms with E-state index in [1.165, 1.54) is 18.2 Å². The summed E-state index contributed by atoms with van der Waals surface area (Å²) in [4.78, 5) is 11.7. The minimum atomic E-state index is -0.542. The molecule has 0 spiro atoms. The number of halogens is 1. The molecule has 0 heterocycles. The fraction of sp³-hybridized carbons (Fsp3) is 0.300. The highest BCUT2D eigenvalue weighted by molar-refractivity contribution is 7.98. The average Bonchev–Trinajstić information content (AvgIpc) is 2.29. The van der Waals surface area contributed by atoms with Gasteiger partial charge in [-0.05, 0) is 18.4 Å². The summed E-state index contributed by atoms with van der Waals surface area (Å²) < 4.78 is 13.3. The number of amides is 1. The van der Waals surface area contributed by atoms with Crippen molar-refractivity contribution in [2.75, 3.05) is 24.0 Å². The van der Waals surface area contributed by atoms with Gasteiger partial charge in [-0.15, -0.1) is 0 Å². The number of carbonyl (C=O) groups is 1. The van der Waals surface area contributed by atoms with Crippen LogP contribution in [0.15, 0.2) is 18.2 Å². The van der Waals surface area contributed by atoms with Crippen LogP contribution in [-0.4, -0.2) is 24.5 Å². The van der Waals surface area contributed by atoms with E-state index in [-0.39, 0.29) is 17.2 Å². The Hall–Kier alpha value is -1.27. The molecule has 4 N–H and O–H groups in total. The van der Waals surface area contributed by atoms with Gasteiger partial charge in [-0.25, -0.2) is 4.39 Å². The first kappa shape index (κ1) is 12.8. The average molecular weight is 243 g/mol. The van der Waals surface area contributed by atoms with Crippen LogP contribution >= 0.6 is 11.8 Å². The molecule has 0 saturated carbocycles. The van der Waals surface area contributed by atoms with Crippen LogP contribution in [0.5, 0.6) is 0 Å². The van der Waals surface area contributed by atoms with E-state index in [0.29, 0.717) is 6.54 Å². The molecule has 0 aliphatic carbocycles. The minimum Gasteiger partial charge on any atom is -0.351 e. The van der Waals surface area contributed by atoms with Crippen molar-refractivity contribution in [3.8, 4) is 0 Å². The van der Waals surface area contributed by atoms with Gasteiger partial charge in [0.1, 0.15) is 5.82 Å². The smallest absolute Gasteiger partial charge is 0.253 e. The Labute approximate surface area is 97.8 Å². The number of carbonyl (C=O) groups excluding carboxylic acids is 1. The van der Waals surface area contributed by atoms with E-state index < -0.39 is 5.82 Å². The van der Waals surface area contributed by atoms with E-state index in [0.717, 1.165) is 5.75 Å². The Morgan fingerprint density at radius 1 is 1.56 bits per heavy atom. The number of anilines is 1. The van der Waals surface area contributed by atoms with Crippen LogP contribution in [0.2, 0.25) is 0 Å². The zero-order valence-corrected chi connectivity index (χ0v) is 9.73. The van der Waals surface area contributed by atoms with Gasteiger partial charge >= 0.3 is 0 Å². The van der Waals surface area contributed by atoms with Crippen molar-refractivity contribution < 1.29 is 9.18 Å². The van der Waals surface area contributed by atoms with Gasteiger partial charge in [0.2, 0.25) is 0 Å². The maximum absolute atomic E-state index is 13.3. The summed E-state index contributed by atoms with van der Waals surface area (Å²) in [6.45, 7) is 0.542. The Morgan fingerprint density at radius 2 is 2.31 bits per heavy atom. The molecule has 0 aliphatic rings. The molecular formula is C10H14FN3OS. The molecule has 1 rings (SSSR count). The summed E-state index contributed by atoms with van der Waals surface area (Å²) >= 11 is 1.62. The molecular weight excluding hydrogens is 229 g/mol. The molecule has 1 aromatic carbocycles. The Balaban J connectivity index is 2.78. The number of para-hydroxylation sites is 1. The van der Waals surface area contributed by atoms with Gasteiger partial charge in [-0.2, -0.15) is 11.8 Å². The Bertz CT molecular complexity index is 373. The topological polar surface area (TPSA) is 67.2 Å². The SMILES string of the molecule is CSCCNC(=O)c1cccc(F)c1NN. The molecule has 4 nitrogen and oxygen atoms in total. The molecule has 1 amide bonds. The van der Waals surface area contributed by atoms with E-state index in [1.807, 2.05) is 6.26 Å². The van der Waals surface area contributed by atoms with Gasteiger partial charge in [0, 0.05) is 12.3 Å². The molecule has 88 valence electrons. The molecule has 0 aliphatic heterocycles. The monoisotopic (exact) mass is 243 g/mol. The standard InChI is InChI=1S/C10H14FN3OS/c1-16-6-5-13-10(15)7-3-2-4-8(11)9(7)14-12/h2-4,14H,5-6,12H2,1H3,(H,13,15). The number of nitrogen functional groups attached to an aromatic ring is 1. The first-order valence-electron chi connectivity index (χ1n) is 4.73. The molecule has 1 aromatic rings. The lowest BCUT2D eigenvalue weighted by Crippen LogP contribution is -2.27. The van der Waals surface area contributed by atoms with E-state index in [2.05, 4.69) is 10.7 Å². The zero-order valence-electron chi connectivity index (χ0n) is 8.92. The second kappa shape index (κ2) is 6.34. The first-order valence-corrected chi connectivity index (χ1v) is 6.12. The van der Waals surface area contributed by atoms with Gasteiger partial charge < -0.3 is 10.7 Å². The maximum Gasteiger partial charge on any atom is 0.253 e. The summed E-state index contributed by atoms with van der Waals surface area (Å²) in [7, 11) is 0. The van der Waals surface area contributed by atoms with Gasteiger partial charge in [0.05, 0.1) is 11.3 Å². The van der Waals surface area contributed by atoms with E-state index >= 15 is 0 Å². The van der Waals surface area contributed by atoms with Gasteiger partial charge in [0.15, 0.2) is 0 Å². The van der Waals surface area contributed by atoms with E-state index in [4.69, 9.17) is 5.84 Å². The van der Waals surface area contributed by atoms with Gasteiger partial charge in [-0.3, -0.25) is 10.6 Å². The van der Waals surface area contributed by atoms with Crippen LogP contribution in [0, 0.1) is 5.82 Å². The summed E-state index contributed by atoms with van der Waals surface area (Å²) in [5.41, 5.74) is 2.42. The number of hydrazine groups is 1. The maximum atomic E-state index is 13.3. The van der Waals surface area contributed by atoms with Crippen molar-refractivity contribution in [1.29, 1.82) is 0 Å². The van der Waals surface area contributed by atoms with Crippen LogP contribution in [0.4, 0.5) is 10.1 Å². The number of hydrogen-bond donors (Lipinski definition) is 3. The normalized spacial score (nSPS) is 9.94. The number of benzene rings is 1. The lowest BCUT2D eigenvalue weighted by Gasteiger charge is -2.09. The van der Waals surface area contributed by atoms with Gasteiger partial charge in [0.25, 0.3) is 5.91 Å². The lowest BCUT2D eigenvalue weighted by atomic mass is 10.1.